The number of hydrogen-bond donors (Lipinski definition) is 2. The Bertz CT molecular complexity index is 1680. The van der Waals surface area contributed by atoms with Crippen molar-refractivity contribution < 1.29 is 32.5 Å². The number of hydrogen-bond acceptors (Lipinski definition) is 9. The summed E-state index contributed by atoms with van der Waals surface area (Å²) in [7, 11) is 2.14. The molecule has 1 fully saturated rings. The second-order valence-corrected chi connectivity index (χ2v) is 11.3. The third kappa shape index (κ3) is 7.37. The van der Waals surface area contributed by atoms with Gasteiger partial charge in [0, 0.05) is 50.5 Å². The minimum absolute atomic E-state index is 0.0823. The Labute approximate surface area is 265 Å². The van der Waals surface area contributed by atoms with Gasteiger partial charge in [0.25, 0.3) is 0 Å². The van der Waals surface area contributed by atoms with E-state index in [1.165, 1.54) is 30.6 Å². The third-order valence-corrected chi connectivity index (χ3v) is 7.93. The third-order valence-electron chi connectivity index (χ3n) is 7.93. The van der Waals surface area contributed by atoms with E-state index in [0.29, 0.717) is 48.0 Å². The van der Waals surface area contributed by atoms with Gasteiger partial charge >= 0.3 is 6.03 Å². The Morgan fingerprint density at radius 1 is 0.978 bits per heavy atom. The largest absolute Gasteiger partial charge is 0.489 e. The Morgan fingerprint density at radius 2 is 1.74 bits per heavy atom. The first kappa shape index (κ1) is 31.2. The number of carbonyl (C=O) groups excluding carboxylic acids is 1. The number of aromatic nitrogens is 2. The first-order valence-electron chi connectivity index (χ1n) is 15.3. The fourth-order valence-corrected chi connectivity index (χ4v) is 5.37. The molecule has 1 saturated heterocycles. The summed E-state index contributed by atoms with van der Waals surface area (Å²) in [4.78, 5) is 25.9. The Kier molecular flexibility index (Phi) is 9.60. The highest BCUT2D eigenvalue weighted by atomic mass is 19.1. The van der Waals surface area contributed by atoms with Crippen LogP contribution in [-0.2, 0) is 0 Å². The van der Waals surface area contributed by atoms with E-state index in [0.717, 1.165) is 50.8 Å². The van der Waals surface area contributed by atoms with Crippen LogP contribution in [0.4, 0.5) is 19.3 Å². The lowest BCUT2D eigenvalue weighted by Gasteiger charge is -2.32. The molecule has 4 aromatic rings. The molecule has 0 aliphatic carbocycles. The summed E-state index contributed by atoms with van der Waals surface area (Å²) in [5, 5.41) is 5.77. The molecular weight excluding hydrogens is 598 g/mol. The SMILES string of the molecule is C[C@@H](NC(=O)Nc1ccc(Oc2ncnc3cc(OCCCN4CCN(C)CC4)c4c(c23)OCCO4)c(F)c1)c1ccc(F)cc1. The van der Waals surface area contributed by atoms with Crippen LogP contribution in [0.25, 0.3) is 10.9 Å². The molecule has 1 aromatic heterocycles. The second-order valence-electron chi connectivity index (χ2n) is 11.3. The number of benzene rings is 3. The maximum atomic E-state index is 15.2. The van der Waals surface area contributed by atoms with Crippen molar-refractivity contribution in [2.24, 2.45) is 0 Å². The molecule has 2 N–H and O–H groups in total. The maximum absolute atomic E-state index is 15.2. The summed E-state index contributed by atoms with van der Waals surface area (Å²) in [5.41, 5.74) is 1.43. The van der Waals surface area contributed by atoms with Crippen LogP contribution in [0.1, 0.15) is 24.9 Å². The van der Waals surface area contributed by atoms with Crippen molar-refractivity contribution in [3.63, 3.8) is 0 Å². The van der Waals surface area contributed by atoms with Gasteiger partial charge in [-0.15, -0.1) is 0 Å². The molecule has 2 aliphatic rings. The molecule has 2 amide bonds. The topological polar surface area (TPSA) is 110 Å². The zero-order valence-electron chi connectivity index (χ0n) is 25.7. The van der Waals surface area contributed by atoms with Crippen molar-refractivity contribution in [1.82, 2.24) is 25.1 Å². The molecule has 242 valence electrons. The smallest absolute Gasteiger partial charge is 0.319 e. The molecule has 46 heavy (non-hydrogen) atoms. The van der Waals surface area contributed by atoms with E-state index in [1.54, 1.807) is 25.1 Å². The molecule has 1 atom stereocenters. The average molecular weight is 635 g/mol. The first-order valence-corrected chi connectivity index (χ1v) is 15.3. The lowest BCUT2D eigenvalue weighted by atomic mass is 10.1. The zero-order valence-corrected chi connectivity index (χ0v) is 25.7. The van der Waals surface area contributed by atoms with Crippen LogP contribution in [-0.4, -0.2) is 85.4 Å². The summed E-state index contributed by atoms with van der Waals surface area (Å²) in [5.74, 6) is 0.203. The number of fused-ring (bicyclic) bond motifs is 3. The zero-order chi connectivity index (χ0) is 32.0. The quantitative estimate of drug-likeness (QED) is 0.223. The van der Waals surface area contributed by atoms with Gasteiger partial charge in [-0.25, -0.2) is 23.5 Å². The summed E-state index contributed by atoms with van der Waals surface area (Å²) in [6.45, 7) is 8.08. The number of amides is 2. The van der Waals surface area contributed by atoms with E-state index in [4.69, 9.17) is 18.9 Å². The lowest BCUT2D eigenvalue weighted by molar-refractivity contribution is 0.142. The minimum atomic E-state index is -0.720. The van der Waals surface area contributed by atoms with Gasteiger partial charge in [0.05, 0.1) is 18.2 Å². The van der Waals surface area contributed by atoms with E-state index < -0.39 is 17.9 Å². The fraction of sp³-hybridized carbons (Fsp3) is 0.364. The van der Waals surface area contributed by atoms with Crippen LogP contribution in [0.2, 0.25) is 0 Å². The molecule has 0 saturated carbocycles. The highest BCUT2D eigenvalue weighted by Crippen LogP contribution is 2.48. The Balaban J connectivity index is 1.13. The summed E-state index contributed by atoms with van der Waals surface area (Å²) < 4.78 is 52.4. The van der Waals surface area contributed by atoms with Gasteiger partial charge in [0.2, 0.25) is 11.6 Å². The van der Waals surface area contributed by atoms with Gasteiger partial charge in [-0.3, -0.25) is 0 Å². The van der Waals surface area contributed by atoms with E-state index in [9.17, 15) is 9.18 Å². The van der Waals surface area contributed by atoms with Crippen molar-refractivity contribution in [2.45, 2.75) is 19.4 Å². The number of halogens is 2. The summed E-state index contributed by atoms with van der Waals surface area (Å²) >= 11 is 0. The number of piperazine rings is 1. The predicted octanol–water partition coefficient (Wildman–Crippen LogP) is 5.37. The van der Waals surface area contributed by atoms with Crippen molar-refractivity contribution in [2.75, 3.05) is 64.9 Å². The van der Waals surface area contributed by atoms with Gasteiger partial charge in [0.15, 0.2) is 23.1 Å². The van der Waals surface area contributed by atoms with Gasteiger partial charge < -0.3 is 39.4 Å². The number of carbonyl (C=O) groups is 1. The molecule has 3 heterocycles. The van der Waals surface area contributed by atoms with Gasteiger partial charge in [0.1, 0.15) is 30.7 Å². The van der Waals surface area contributed by atoms with E-state index >= 15 is 4.39 Å². The normalized spacial score (nSPS) is 15.7. The monoisotopic (exact) mass is 634 g/mol. The van der Waals surface area contributed by atoms with Crippen LogP contribution in [0.5, 0.6) is 28.9 Å². The predicted molar refractivity (Wildman–Crippen MR) is 168 cm³/mol. The maximum Gasteiger partial charge on any atom is 0.319 e. The molecule has 0 bridgehead atoms. The van der Waals surface area contributed by atoms with Crippen LogP contribution in [0, 0.1) is 11.6 Å². The number of urea groups is 1. The standard InChI is InChI=1S/C33H36F2N6O5/c1-21(22-4-6-23(34)7-5-22)38-33(42)39-24-8-9-27(25(35)18-24)46-32-29-26(36-20-37-32)19-28(30-31(29)45-17-16-44-30)43-15-3-10-41-13-11-40(2)12-14-41/h4-9,18-21H,3,10-17H2,1-2H3,(H2,38,39,42)/t21-/m1/s1. The number of likely N-dealkylation sites (N-methyl/N-ethyl adjacent to an activating group) is 1. The van der Waals surface area contributed by atoms with Crippen molar-refractivity contribution in [3.8, 4) is 28.9 Å². The molecule has 6 rings (SSSR count). The first-order chi connectivity index (χ1) is 22.3. The van der Waals surface area contributed by atoms with E-state index in [1.807, 2.05) is 0 Å². The van der Waals surface area contributed by atoms with Crippen LogP contribution in [0.3, 0.4) is 0 Å². The Morgan fingerprint density at radius 3 is 2.50 bits per heavy atom. The van der Waals surface area contributed by atoms with Gasteiger partial charge in [-0.1, -0.05) is 12.1 Å². The molecule has 13 heteroatoms. The number of anilines is 1. The number of rotatable bonds is 10. The van der Waals surface area contributed by atoms with Crippen molar-refractivity contribution in [3.05, 3.63) is 72.1 Å². The van der Waals surface area contributed by atoms with Crippen LogP contribution < -0.4 is 29.6 Å². The molecular formula is C33H36F2N6O5. The van der Waals surface area contributed by atoms with Crippen LogP contribution >= 0.6 is 0 Å². The van der Waals surface area contributed by atoms with Crippen molar-refractivity contribution in [1.29, 1.82) is 0 Å². The lowest BCUT2D eigenvalue weighted by Crippen LogP contribution is -2.44. The highest BCUT2D eigenvalue weighted by Gasteiger charge is 2.26. The summed E-state index contributed by atoms with van der Waals surface area (Å²) in [6, 6.07) is 10.7. The molecule has 0 radical (unpaired) electrons. The van der Waals surface area contributed by atoms with E-state index in [2.05, 4.69) is 37.4 Å². The molecule has 2 aliphatic heterocycles. The highest BCUT2D eigenvalue weighted by molar-refractivity contribution is 5.94. The fourth-order valence-electron chi connectivity index (χ4n) is 5.37. The number of nitrogens with zero attached hydrogens (tertiary/aromatic N) is 4. The number of ether oxygens (including phenoxy) is 4. The minimum Gasteiger partial charge on any atom is -0.489 e. The summed E-state index contributed by atoms with van der Waals surface area (Å²) in [6.07, 6.45) is 2.18. The molecule has 3 aromatic carbocycles. The average Bonchev–Trinajstić information content (AvgIpc) is 3.05. The van der Waals surface area contributed by atoms with Crippen LogP contribution in [0.15, 0.2) is 54.9 Å². The van der Waals surface area contributed by atoms with Crippen molar-refractivity contribution >= 4 is 22.6 Å². The Hall–Kier alpha value is -4.75. The van der Waals surface area contributed by atoms with E-state index in [-0.39, 0.29) is 23.1 Å². The number of nitrogens with one attached hydrogen (secondary N) is 2. The molecule has 11 nitrogen and oxygen atoms in total. The molecule has 0 spiro atoms. The van der Waals surface area contributed by atoms with Gasteiger partial charge in [-0.05, 0) is 50.2 Å². The van der Waals surface area contributed by atoms with Gasteiger partial charge in [-0.2, -0.15) is 0 Å². The molecule has 0 unspecified atom stereocenters. The second kappa shape index (κ2) is 14.1.